The largest absolute Gasteiger partial charge is 0.495 e. The molecule has 0 aliphatic carbocycles. The van der Waals surface area contributed by atoms with Gasteiger partial charge in [-0.1, -0.05) is 12.1 Å². The fourth-order valence-corrected chi connectivity index (χ4v) is 3.45. The van der Waals surface area contributed by atoms with Crippen molar-refractivity contribution in [3.63, 3.8) is 0 Å². The summed E-state index contributed by atoms with van der Waals surface area (Å²) in [7, 11) is 1.50. The average molecular weight is 469 g/mol. The zero-order valence-electron chi connectivity index (χ0n) is 17.1. The van der Waals surface area contributed by atoms with Crippen LogP contribution in [-0.4, -0.2) is 23.1 Å². The number of anilines is 1. The number of carbonyl (C=O) groups is 1. The molecule has 0 atom stereocenters. The number of amides is 1. The van der Waals surface area contributed by atoms with Crippen LogP contribution in [-0.2, 0) is 11.4 Å². The molecule has 4 rings (SSSR count). The fourth-order valence-electron chi connectivity index (χ4n) is 3.16. The summed E-state index contributed by atoms with van der Waals surface area (Å²) in [5, 5.41) is 14.1. The van der Waals surface area contributed by atoms with E-state index in [0.29, 0.717) is 23.0 Å². The van der Waals surface area contributed by atoms with Crippen LogP contribution >= 0.6 is 12.2 Å². The van der Waals surface area contributed by atoms with Crippen molar-refractivity contribution in [3.05, 3.63) is 87.7 Å². The van der Waals surface area contributed by atoms with Crippen molar-refractivity contribution < 1.29 is 28.0 Å². The van der Waals surface area contributed by atoms with Gasteiger partial charge in [-0.3, -0.25) is 14.9 Å². The topological polar surface area (TPSA) is 107 Å². The van der Waals surface area contributed by atoms with Crippen LogP contribution in [0.3, 0.4) is 0 Å². The van der Waals surface area contributed by atoms with E-state index in [0.717, 1.165) is 18.2 Å². The lowest BCUT2D eigenvalue weighted by Crippen LogP contribution is -2.30. The fraction of sp³-hybridized carbons (Fsp3) is 0.0909. The van der Waals surface area contributed by atoms with Gasteiger partial charge in [0.05, 0.1) is 17.7 Å². The van der Waals surface area contributed by atoms with Crippen LogP contribution in [0, 0.1) is 15.9 Å². The molecular weight excluding hydrogens is 453 g/mol. The first-order valence-corrected chi connectivity index (χ1v) is 9.94. The van der Waals surface area contributed by atoms with Crippen molar-refractivity contribution in [2.45, 2.75) is 6.61 Å². The van der Waals surface area contributed by atoms with Crippen LogP contribution in [0.2, 0.25) is 0 Å². The molecule has 0 bridgehead atoms. The molecule has 168 valence electrons. The lowest BCUT2D eigenvalue weighted by molar-refractivity contribution is -0.386. The minimum absolute atomic E-state index is 0.180. The first-order chi connectivity index (χ1) is 15.9. The first kappa shape index (κ1) is 22.0. The maximum Gasteiger partial charge on any atom is 0.311 e. The number of hydrogen-bond donors (Lipinski definition) is 1. The number of halogens is 1. The van der Waals surface area contributed by atoms with Crippen LogP contribution in [0.25, 0.3) is 6.08 Å². The molecule has 33 heavy (non-hydrogen) atoms. The number of hydrogen-bond acceptors (Lipinski definition) is 7. The predicted octanol–water partition coefficient (Wildman–Crippen LogP) is 4.18. The van der Waals surface area contributed by atoms with E-state index in [9.17, 15) is 19.3 Å². The highest BCUT2D eigenvalue weighted by atomic mass is 32.1. The quantitative estimate of drug-likeness (QED) is 0.238. The highest BCUT2D eigenvalue weighted by molar-refractivity contribution is 7.80. The molecular formula is C22H16FN3O6S. The minimum atomic E-state index is -0.666. The molecule has 0 saturated carbocycles. The van der Waals surface area contributed by atoms with E-state index in [4.69, 9.17) is 26.1 Å². The van der Waals surface area contributed by atoms with Crippen LogP contribution < -0.4 is 19.7 Å². The number of nitro groups is 1. The van der Waals surface area contributed by atoms with E-state index in [1.54, 1.807) is 36.4 Å². The second-order valence-corrected chi connectivity index (χ2v) is 7.15. The molecule has 0 radical (unpaired) electrons. The van der Waals surface area contributed by atoms with Gasteiger partial charge in [0.1, 0.15) is 35.4 Å². The van der Waals surface area contributed by atoms with Gasteiger partial charge in [-0.2, -0.15) is 0 Å². The number of furan rings is 1. The zero-order valence-corrected chi connectivity index (χ0v) is 17.9. The summed E-state index contributed by atoms with van der Waals surface area (Å²) in [6.07, 6.45) is 1.47. The van der Waals surface area contributed by atoms with Gasteiger partial charge in [-0.25, -0.2) is 9.29 Å². The van der Waals surface area contributed by atoms with E-state index in [-0.39, 0.29) is 28.9 Å². The zero-order chi connectivity index (χ0) is 23.5. The third-order valence-corrected chi connectivity index (χ3v) is 4.95. The van der Waals surface area contributed by atoms with E-state index in [1.807, 2.05) is 0 Å². The average Bonchev–Trinajstić information content (AvgIpc) is 3.35. The Morgan fingerprint density at radius 1 is 1.21 bits per heavy atom. The third-order valence-electron chi connectivity index (χ3n) is 4.66. The summed E-state index contributed by atoms with van der Waals surface area (Å²) >= 11 is 5.31. The molecule has 1 saturated heterocycles. The van der Waals surface area contributed by atoms with Crippen molar-refractivity contribution in [2.24, 2.45) is 0 Å². The number of carbonyl (C=O) groups excluding carboxylic acids is 1. The van der Waals surface area contributed by atoms with E-state index >= 15 is 0 Å². The molecule has 1 amide bonds. The number of thiocarbonyl (C=S) groups is 1. The summed E-state index contributed by atoms with van der Waals surface area (Å²) in [5.74, 6) is -0.157. The predicted molar refractivity (Wildman–Crippen MR) is 120 cm³/mol. The van der Waals surface area contributed by atoms with Crippen LogP contribution in [0.5, 0.6) is 11.5 Å². The molecule has 1 aliphatic heterocycles. The molecule has 1 fully saturated rings. The van der Waals surface area contributed by atoms with Gasteiger partial charge in [-0.15, -0.1) is 0 Å². The summed E-state index contributed by atoms with van der Waals surface area (Å²) in [5.41, 5.74) is 0.320. The maximum atomic E-state index is 13.4. The lowest BCUT2D eigenvalue weighted by Gasteiger charge is -2.17. The normalized spacial score (nSPS) is 14.5. The molecule has 0 spiro atoms. The molecule has 2 aromatic carbocycles. The monoisotopic (exact) mass is 469 g/mol. The lowest BCUT2D eigenvalue weighted by atomic mass is 10.2. The Bertz CT molecular complexity index is 1290. The van der Waals surface area contributed by atoms with Crippen LogP contribution in [0.15, 0.2) is 64.7 Å². The van der Waals surface area contributed by atoms with Gasteiger partial charge in [0.2, 0.25) is 0 Å². The van der Waals surface area contributed by atoms with Crippen molar-refractivity contribution in [1.82, 2.24) is 5.32 Å². The van der Waals surface area contributed by atoms with Gasteiger partial charge in [0.25, 0.3) is 5.91 Å². The molecule has 0 unspecified atom stereocenters. The number of nitrogens with one attached hydrogen (secondary N) is 1. The Labute approximate surface area is 192 Å². The molecule has 1 aromatic heterocycles. The Morgan fingerprint density at radius 2 is 2.00 bits per heavy atom. The maximum absolute atomic E-state index is 13.4. The van der Waals surface area contributed by atoms with E-state index in [2.05, 4.69) is 5.32 Å². The van der Waals surface area contributed by atoms with Crippen molar-refractivity contribution in [1.29, 1.82) is 0 Å². The molecule has 3 aromatic rings. The van der Waals surface area contributed by atoms with Crippen LogP contribution in [0.1, 0.15) is 11.5 Å². The summed E-state index contributed by atoms with van der Waals surface area (Å²) in [4.78, 5) is 24.7. The number of para-hydroxylation sites is 2. The summed E-state index contributed by atoms with van der Waals surface area (Å²) in [6, 6.07) is 13.1. The summed E-state index contributed by atoms with van der Waals surface area (Å²) < 4.78 is 29.7. The second-order valence-electron chi connectivity index (χ2n) is 6.76. The van der Waals surface area contributed by atoms with E-state index < -0.39 is 16.6 Å². The minimum Gasteiger partial charge on any atom is -0.495 e. The molecule has 2 heterocycles. The molecule has 11 heteroatoms. The van der Waals surface area contributed by atoms with Gasteiger partial charge in [0, 0.05) is 18.2 Å². The van der Waals surface area contributed by atoms with Crippen molar-refractivity contribution in [2.75, 3.05) is 12.0 Å². The number of rotatable bonds is 7. The third kappa shape index (κ3) is 4.53. The molecule has 9 nitrogen and oxygen atoms in total. The Kier molecular flexibility index (Phi) is 6.05. The van der Waals surface area contributed by atoms with Crippen LogP contribution in [0.4, 0.5) is 15.8 Å². The number of benzene rings is 2. The Balaban J connectivity index is 1.50. The SMILES string of the molecule is COc1ccccc1N1C(=O)/C(=C\c2ccc(COc3cc(F)ccc3[N+](=O)[O-])o2)NC1=S. The number of nitro benzene ring substituents is 1. The molecule has 1 N–H and O–H groups in total. The van der Waals surface area contributed by atoms with Gasteiger partial charge >= 0.3 is 5.69 Å². The smallest absolute Gasteiger partial charge is 0.311 e. The van der Waals surface area contributed by atoms with Gasteiger partial charge in [0.15, 0.2) is 10.9 Å². The number of nitrogens with zero attached hydrogens (tertiary/aromatic N) is 2. The van der Waals surface area contributed by atoms with E-state index in [1.165, 1.54) is 18.1 Å². The van der Waals surface area contributed by atoms with Gasteiger partial charge < -0.3 is 19.2 Å². The number of methoxy groups -OCH3 is 1. The Hall–Kier alpha value is -4.25. The van der Waals surface area contributed by atoms with Crippen molar-refractivity contribution >= 4 is 40.7 Å². The first-order valence-electron chi connectivity index (χ1n) is 9.53. The summed E-state index contributed by atoms with van der Waals surface area (Å²) in [6.45, 7) is -0.180. The standard InChI is InChI=1S/C22H16FN3O6S/c1-30-19-5-3-2-4-17(19)25-21(27)16(24-22(25)33)11-14-7-8-15(32-14)12-31-20-10-13(23)6-9-18(20)26(28)29/h2-11H,12H2,1H3,(H,24,33)/b16-11+. The highest BCUT2D eigenvalue weighted by Gasteiger charge is 2.33. The number of ether oxygens (including phenoxy) is 2. The van der Waals surface area contributed by atoms with Gasteiger partial charge in [-0.05, 0) is 42.5 Å². The highest BCUT2D eigenvalue weighted by Crippen LogP contribution is 2.32. The molecule has 1 aliphatic rings. The second kappa shape index (κ2) is 9.09. The Morgan fingerprint density at radius 3 is 2.76 bits per heavy atom. The van der Waals surface area contributed by atoms with Crippen molar-refractivity contribution in [3.8, 4) is 11.5 Å².